The third-order valence-corrected chi connectivity index (χ3v) is 4.74. The highest BCUT2D eigenvalue weighted by atomic mass is 16.5. The number of furan rings is 1. The van der Waals surface area contributed by atoms with Crippen molar-refractivity contribution in [3.05, 3.63) is 36.3 Å². The molecule has 7 nitrogen and oxygen atoms in total. The normalized spacial score (nSPS) is 27.9. The summed E-state index contributed by atoms with van der Waals surface area (Å²) in [6.45, 7) is 3.81. The van der Waals surface area contributed by atoms with Crippen molar-refractivity contribution in [2.75, 3.05) is 19.7 Å². The van der Waals surface area contributed by atoms with Gasteiger partial charge < -0.3 is 18.6 Å². The van der Waals surface area contributed by atoms with Crippen LogP contribution in [0, 0.1) is 6.92 Å². The van der Waals surface area contributed by atoms with E-state index in [1.54, 1.807) is 25.0 Å². The molecule has 0 bridgehead atoms. The van der Waals surface area contributed by atoms with Gasteiger partial charge in [-0.25, -0.2) is 0 Å². The average Bonchev–Trinajstić information content (AvgIpc) is 3.27. The highest BCUT2D eigenvalue weighted by Crippen LogP contribution is 2.40. The Morgan fingerprint density at radius 1 is 1.41 bits per heavy atom. The van der Waals surface area contributed by atoms with Gasteiger partial charge in [0.2, 0.25) is 0 Å². The number of carbonyl (C=O) groups is 1. The lowest BCUT2D eigenvalue weighted by molar-refractivity contribution is 0.0117. The van der Waals surface area contributed by atoms with E-state index in [9.17, 15) is 4.79 Å². The summed E-state index contributed by atoms with van der Waals surface area (Å²) in [4.78, 5) is 14.4. The molecule has 2 saturated heterocycles. The minimum absolute atomic E-state index is 0.0273. The van der Waals surface area contributed by atoms with E-state index < -0.39 is 0 Å². The summed E-state index contributed by atoms with van der Waals surface area (Å²) < 4.78 is 13.3. The second kappa shape index (κ2) is 4.95. The smallest absolute Gasteiger partial charge is 0.257 e. The van der Waals surface area contributed by atoms with Gasteiger partial charge in [-0.3, -0.25) is 4.79 Å². The number of hydrogen-bond acceptors (Lipinski definition) is 5. The first-order valence-electron chi connectivity index (χ1n) is 7.48. The van der Waals surface area contributed by atoms with Crippen LogP contribution in [-0.2, 0) is 4.74 Å². The van der Waals surface area contributed by atoms with Crippen LogP contribution in [0.4, 0.5) is 0 Å². The molecule has 1 amide bonds. The zero-order valence-electron chi connectivity index (χ0n) is 12.4. The summed E-state index contributed by atoms with van der Waals surface area (Å²) in [5.41, 5.74) is 0.410. The van der Waals surface area contributed by atoms with Gasteiger partial charge in [0.15, 0.2) is 0 Å². The van der Waals surface area contributed by atoms with Crippen LogP contribution in [0.3, 0.4) is 0 Å². The number of amides is 1. The molecule has 2 aromatic rings. The molecule has 0 N–H and O–H groups in total. The van der Waals surface area contributed by atoms with Gasteiger partial charge in [-0.15, -0.1) is 10.2 Å². The maximum Gasteiger partial charge on any atom is 0.257 e. The van der Waals surface area contributed by atoms with E-state index in [-0.39, 0.29) is 17.6 Å². The van der Waals surface area contributed by atoms with Crippen LogP contribution >= 0.6 is 0 Å². The zero-order valence-corrected chi connectivity index (χ0v) is 12.4. The predicted octanol–water partition coefficient (Wildman–Crippen LogP) is 1.43. The summed E-state index contributed by atoms with van der Waals surface area (Å²) >= 11 is 0. The number of rotatable bonds is 2. The number of ether oxygens (including phenoxy) is 1. The van der Waals surface area contributed by atoms with Crippen molar-refractivity contribution >= 4 is 5.91 Å². The van der Waals surface area contributed by atoms with Crippen LogP contribution in [0.1, 0.15) is 35.0 Å². The van der Waals surface area contributed by atoms with Gasteiger partial charge in [-0.1, -0.05) is 0 Å². The van der Waals surface area contributed by atoms with Crippen LogP contribution in [0.15, 0.2) is 29.4 Å². The molecule has 2 atom stereocenters. The first-order valence-corrected chi connectivity index (χ1v) is 7.48. The second-order valence-electron chi connectivity index (χ2n) is 6.13. The molecule has 2 fully saturated rings. The van der Waals surface area contributed by atoms with Gasteiger partial charge in [0.05, 0.1) is 36.6 Å². The van der Waals surface area contributed by atoms with Crippen molar-refractivity contribution in [3.63, 3.8) is 0 Å². The Balaban J connectivity index is 1.47. The summed E-state index contributed by atoms with van der Waals surface area (Å²) in [7, 11) is 0. The largest absolute Gasteiger partial charge is 0.469 e. The van der Waals surface area contributed by atoms with Gasteiger partial charge in [-0.05, 0) is 19.4 Å². The fourth-order valence-corrected chi connectivity index (χ4v) is 3.49. The van der Waals surface area contributed by atoms with E-state index >= 15 is 0 Å². The van der Waals surface area contributed by atoms with Crippen molar-refractivity contribution in [2.24, 2.45) is 0 Å². The van der Waals surface area contributed by atoms with E-state index in [0.29, 0.717) is 24.5 Å². The van der Waals surface area contributed by atoms with Crippen molar-refractivity contribution in [1.29, 1.82) is 0 Å². The Bertz CT molecular complexity index is 681. The topological polar surface area (TPSA) is 73.4 Å². The lowest BCUT2D eigenvalue weighted by Gasteiger charge is -2.23. The van der Waals surface area contributed by atoms with E-state index in [1.165, 1.54) is 0 Å². The lowest BCUT2D eigenvalue weighted by Crippen LogP contribution is -2.35. The molecule has 7 heteroatoms. The number of nitrogens with zero attached hydrogens (tertiary/aromatic N) is 4. The summed E-state index contributed by atoms with van der Waals surface area (Å²) in [5, 5.41) is 7.70. The molecular formula is C15H18N4O3. The SMILES string of the molecule is Cc1occc1C(=O)N1CCC2(CC(n3cnnc3)CO2)C1. The fourth-order valence-electron chi connectivity index (χ4n) is 3.49. The first kappa shape index (κ1) is 13.5. The molecule has 2 unspecified atom stereocenters. The Hall–Kier alpha value is -2.15. The van der Waals surface area contributed by atoms with Crippen molar-refractivity contribution < 1.29 is 13.9 Å². The molecule has 2 aromatic heterocycles. The van der Waals surface area contributed by atoms with Gasteiger partial charge in [-0.2, -0.15) is 0 Å². The zero-order chi connectivity index (χ0) is 15.2. The number of likely N-dealkylation sites (tertiary alicyclic amines) is 1. The van der Waals surface area contributed by atoms with Crippen LogP contribution in [0.2, 0.25) is 0 Å². The average molecular weight is 302 g/mol. The maximum absolute atomic E-state index is 12.6. The highest BCUT2D eigenvalue weighted by Gasteiger charge is 2.47. The number of carbonyl (C=O) groups excluding carboxylic acids is 1. The Morgan fingerprint density at radius 2 is 2.23 bits per heavy atom. The second-order valence-corrected chi connectivity index (χ2v) is 6.13. The van der Waals surface area contributed by atoms with Crippen molar-refractivity contribution in [1.82, 2.24) is 19.7 Å². The molecule has 4 heterocycles. The van der Waals surface area contributed by atoms with Crippen LogP contribution in [-0.4, -0.2) is 50.9 Å². The van der Waals surface area contributed by atoms with Crippen LogP contribution in [0.25, 0.3) is 0 Å². The molecule has 0 saturated carbocycles. The predicted molar refractivity (Wildman–Crippen MR) is 76.3 cm³/mol. The molecule has 0 aliphatic carbocycles. The number of aromatic nitrogens is 3. The highest BCUT2D eigenvalue weighted by molar-refractivity contribution is 5.95. The number of aryl methyl sites for hydroxylation is 1. The molecule has 1 spiro atoms. The lowest BCUT2D eigenvalue weighted by atomic mass is 9.97. The molecule has 22 heavy (non-hydrogen) atoms. The Morgan fingerprint density at radius 3 is 2.95 bits per heavy atom. The standard InChI is InChI=1S/C15H18N4O3/c1-11-13(2-5-21-11)14(20)18-4-3-15(8-18)6-12(7-22-15)19-9-16-17-10-19/h2,5,9-10,12H,3-4,6-8H2,1H3. The van der Waals surface area contributed by atoms with Crippen LogP contribution < -0.4 is 0 Å². The third-order valence-electron chi connectivity index (χ3n) is 4.74. The van der Waals surface area contributed by atoms with Crippen molar-refractivity contribution in [3.8, 4) is 0 Å². The molecule has 2 aliphatic heterocycles. The molecule has 4 rings (SSSR count). The van der Waals surface area contributed by atoms with E-state index in [1.807, 2.05) is 16.4 Å². The van der Waals surface area contributed by atoms with Gasteiger partial charge in [0.25, 0.3) is 5.91 Å². The van der Waals surface area contributed by atoms with E-state index in [2.05, 4.69) is 10.2 Å². The van der Waals surface area contributed by atoms with Gasteiger partial charge >= 0.3 is 0 Å². The summed E-state index contributed by atoms with van der Waals surface area (Å²) in [6, 6.07) is 1.98. The summed E-state index contributed by atoms with van der Waals surface area (Å²) in [5.74, 6) is 0.695. The molecule has 0 aromatic carbocycles. The minimum atomic E-state index is -0.234. The Labute approximate surface area is 127 Å². The van der Waals surface area contributed by atoms with Crippen LogP contribution in [0.5, 0.6) is 0 Å². The first-order chi connectivity index (χ1) is 10.7. The van der Waals surface area contributed by atoms with Gasteiger partial charge in [0, 0.05) is 13.0 Å². The Kier molecular flexibility index (Phi) is 3.04. The quantitative estimate of drug-likeness (QED) is 0.839. The monoisotopic (exact) mass is 302 g/mol. The minimum Gasteiger partial charge on any atom is -0.469 e. The van der Waals surface area contributed by atoms with Crippen molar-refractivity contribution in [2.45, 2.75) is 31.4 Å². The number of hydrogen-bond donors (Lipinski definition) is 0. The van der Waals surface area contributed by atoms with Gasteiger partial charge in [0.1, 0.15) is 18.4 Å². The molecule has 0 radical (unpaired) electrons. The van der Waals surface area contributed by atoms with E-state index in [0.717, 1.165) is 19.4 Å². The molecular weight excluding hydrogens is 284 g/mol. The molecule has 2 aliphatic rings. The van der Waals surface area contributed by atoms with E-state index in [4.69, 9.17) is 9.15 Å². The molecule has 116 valence electrons. The fraction of sp³-hybridized carbons (Fsp3) is 0.533. The summed E-state index contributed by atoms with van der Waals surface area (Å²) in [6.07, 6.45) is 6.76. The maximum atomic E-state index is 12.6. The third kappa shape index (κ3) is 2.12.